The zero-order valence-corrected chi connectivity index (χ0v) is 26.9. The molecule has 0 atom stereocenters. The van der Waals surface area contributed by atoms with Crippen LogP contribution in [0, 0.1) is 5.41 Å². The number of rotatable bonds is 7. The largest absolute Gasteiger partial charge is 0.460 e. The van der Waals surface area contributed by atoms with Crippen molar-refractivity contribution in [3.63, 3.8) is 0 Å². The van der Waals surface area contributed by atoms with Gasteiger partial charge in [-0.25, -0.2) is 0 Å². The number of benzene rings is 6. The SMILES string of the molecule is CCC(C)(C)C(=O)OCc1ccc2c(c1)c1ccccc1n2-c1ccc(-c2ccc(-n3c4ccccc4c4ccccc43)cc2)cc1. The van der Waals surface area contributed by atoms with Gasteiger partial charge in [0.2, 0.25) is 0 Å². The number of fused-ring (bicyclic) bond motifs is 6. The van der Waals surface area contributed by atoms with Crippen LogP contribution < -0.4 is 0 Å². The van der Waals surface area contributed by atoms with Gasteiger partial charge in [0.05, 0.1) is 27.5 Å². The number of esters is 1. The highest BCUT2D eigenvalue weighted by molar-refractivity contribution is 6.10. The van der Waals surface area contributed by atoms with Crippen molar-refractivity contribution in [2.45, 2.75) is 33.8 Å². The van der Waals surface area contributed by atoms with E-state index in [1.807, 2.05) is 20.8 Å². The quantitative estimate of drug-likeness (QED) is 0.168. The summed E-state index contributed by atoms with van der Waals surface area (Å²) in [6.45, 7) is 6.14. The topological polar surface area (TPSA) is 36.2 Å². The molecule has 0 aliphatic carbocycles. The molecule has 0 saturated heterocycles. The number of carbonyl (C=O) groups excluding carboxylic acids is 1. The number of nitrogens with zero attached hydrogens (tertiary/aromatic N) is 2. The molecule has 0 saturated carbocycles. The van der Waals surface area contributed by atoms with Crippen LogP contribution in [0.15, 0.2) is 140 Å². The minimum absolute atomic E-state index is 0.163. The molecule has 0 radical (unpaired) electrons. The fraction of sp³-hybridized carbons (Fsp3) is 0.140. The molecule has 6 aromatic carbocycles. The van der Waals surface area contributed by atoms with Crippen molar-refractivity contribution in [3.05, 3.63) is 145 Å². The molecule has 47 heavy (non-hydrogen) atoms. The van der Waals surface area contributed by atoms with Crippen molar-refractivity contribution < 1.29 is 9.53 Å². The molecule has 8 rings (SSSR count). The van der Waals surface area contributed by atoms with Crippen LogP contribution in [0.3, 0.4) is 0 Å². The zero-order chi connectivity index (χ0) is 32.1. The van der Waals surface area contributed by atoms with Gasteiger partial charge in [-0.15, -0.1) is 0 Å². The highest BCUT2D eigenvalue weighted by Gasteiger charge is 2.27. The van der Waals surface area contributed by atoms with Crippen LogP contribution in [-0.4, -0.2) is 15.1 Å². The number of ether oxygens (including phenoxy) is 1. The van der Waals surface area contributed by atoms with Gasteiger partial charge in [-0.2, -0.15) is 0 Å². The second-order valence-electron chi connectivity index (χ2n) is 13.0. The van der Waals surface area contributed by atoms with Crippen LogP contribution in [-0.2, 0) is 16.1 Å². The lowest BCUT2D eigenvalue weighted by molar-refractivity contribution is -0.155. The maximum Gasteiger partial charge on any atom is 0.311 e. The van der Waals surface area contributed by atoms with Gasteiger partial charge in [-0.1, -0.05) is 91.9 Å². The predicted molar refractivity (Wildman–Crippen MR) is 194 cm³/mol. The van der Waals surface area contributed by atoms with E-state index in [1.54, 1.807) is 0 Å². The number of hydrogen-bond acceptors (Lipinski definition) is 2. The summed E-state index contributed by atoms with van der Waals surface area (Å²) in [7, 11) is 0. The predicted octanol–water partition coefficient (Wildman–Crippen LogP) is 11.0. The van der Waals surface area contributed by atoms with Crippen molar-refractivity contribution in [1.29, 1.82) is 0 Å². The van der Waals surface area contributed by atoms with Gasteiger partial charge in [0.25, 0.3) is 0 Å². The standard InChI is InChI=1S/C43H36N2O2/c1-4-43(2,3)42(46)47-28-29-17-26-41-37(27-29)36-13-7-10-16-40(36)45(41)33-24-20-31(21-25-33)30-18-22-32(23-19-30)44-38-14-8-5-11-34(38)35-12-6-9-15-39(35)44/h5-27H,4,28H2,1-3H3. The Labute approximate surface area is 274 Å². The average Bonchev–Trinajstić information content (AvgIpc) is 3.63. The number of hydrogen-bond donors (Lipinski definition) is 0. The molecular weight excluding hydrogens is 576 g/mol. The molecule has 0 N–H and O–H groups in total. The third-order valence-electron chi connectivity index (χ3n) is 9.71. The Morgan fingerprint density at radius 3 is 1.45 bits per heavy atom. The maximum atomic E-state index is 12.6. The Hall–Kier alpha value is -5.61. The van der Waals surface area contributed by atoms with Crippen LogP contribution in [0.4, 0.5) is 0 Å². The first-order chi connectivity index (χ1) is 22.9. The van der Waals surface area contributed by atoms with E-state index >= 15 is 0 Å². The van der Waals surface area contributed by atoms with Crippen LogP contribution in [0.5, 0.6) is 0 Å². The number of aromatic nitrogens is 2. The van der Waals surface area contributed by atoms with Gasteiger partial charge in [-0.05, 0) is 91.6 Å². The fourth-order valence-corrected chi connectivity index (χ4v) is 6.68. The average molecular weight is 613 g/mol. The summed E-state index contributed by atoms with van der Waals surface area (Å²) in [6, 6.07) is 49.7. The molecule has 0 unspecified atom stereocenters. The summed E-state index contributed by atoms with van der Waals surface area (Å²) in [5.41, 5.74) is 9.79. The lowest BCUT2D eigenvalue weighted by Crippen LogP contribution is -2.25. The number of carbonyl (C=O) groups is 1. The van der Waals surface area contributed by atoms with Gasteiger partial charge in [-0.3, -0.25) is 4.79 Å². The van der Waals surface area contributed by atoms with Crippen molar-refractivity contribution in [3.8, 4) is 22.5 Å². The molecule has 4 nitrogen and oxygen atoms in total. The van der Waals surface area contributed by atoms with Crippen molar-refractivity contribution >= 4 is 49.6 Å². The van der Waals surface area contributed by atoms with Crippen LogP contribution in [0.1, 0.15) is 32.8 Å². The lowest BCUT2D eigenvalue weighted by atomic mass is 9.91. The fourth-order valence-electron chi connectivity index (χ4n) is 6.68. The molecular formula is C43H36N2O2. The van der Waals surface area contributed by atoms with Crippen LogP contribution in [0.2, 0.25) is 0 Å². The molecule has 0 fully saturated rings. The van der Waals surface area contributed by atoms with E-state index in [1.165, 1.54) is 38.3 Å². The Morgan fingerprint density at radius 1 is 0.553 bits per heavy atom. The number of para-hydroxylation sites is 3. The minimum Gasteiger partial charge on any atom is -0.460 e. The third-order valence-corrected chi connectivity index (χ3v) is 9.71. The van der Waals surface area contributed by atoms with E-state index in [0.717, 1.165) is 39.8 Å². The lowest BCUT2D eigenvalue weighted by Gasteiger charge is -2.20. The first-order valence-electron chi connectivity index (χ1n) is 16.3. The van der Waals surface area contributed by atoms with E-state index < -0.39 is 5.41 Å². The summed E-state index contributed by atoms with van der Waals surface area (Å²) < 4.78 is 10.4. The molecule has 8 aromatic rings. The molecule has 0 aliphatic rings. The van der Waals surface area contributed by atoms with Gasteiger partial charge in [0.1, 0.15) is 6.61 Å². The normalized spacial score (nSPS) is 12.0. The molecule has 2 aromatic heterocycles. The van der Waals surface area contributed by atoms with Gasteiger partial charge in [0, 0.05) is 32.9 Å². The molecule has 0 spiro atoms. The molecule has 0 bridgehead atoms. The summed E-state index contributed by atoms with van der Waals surface area (Å²) >= 11 is 0. The highest BCUT2D eigenvalue weighted by Crippen LogP contribution is 2.35. The summed E-state index contributed by atoms with van der Waals surface area (Å²) in [5.74, 6) is -0.163. The monoisotopic (exact) mass is 612 g/mol. The highest BCUT2D eigenvalue weighted by atomic mass is 16.5. The molecule has 0 aliphatic heterocycles. The van der Waals surface area contributed by atoms with Crippen LogP contribution in [0.25, 0.3) is 66.1 Å². The molecule has 2 heterocycles. The van der Waals surface area contributed by atoms with E-state index in [9.17, 15) is 4.79 Å². The Kier molecular flexibility index (Phi) is 6.95. The van der Waals surface area contributed by atoms with Crippen molar-refractivity contribution in [1.82, 2.24) is 9.13 Å². The summed E-state index contributed by atoms with van der Waals surface area (Å²) in [4.78, 5) is 12.6. The third kappa shape index (κ3) is 4.88. The van der Waals surface area contributed by atoms with E-state index in [2.05, 4.69) is 149 Å². The van der Waals surface area contributed by atoms with E-state index in [0.29, 0.717) is 0 Å². The van der Waals surface area contributed by atoms with Gasteiger partial charge in [0.15, 0.2) is 0 Å². The first-order valence-corrected chi connectivity index (χ1v) is 16.3. The smallest absolute Gasteiger partial charge is 0.311 e. The first kappa shape index (κ1) is 28.8. The molecule has 0 amide bonds. The minimum atomic E-state index is -0.485. The van der Waals surface area contributed by atoms with E-state index in [4.69, 9.17) is 4.74 Å². The Balaban J connectivity index is 1.11. The summed E-state index contributed by atoms with van der Waals surface area (Å²) in [5, 5.41) is 4.86. The maximum absolute atomic E-state index is 12.6. The zero-order valence-electron chi connectivity index (χ0n) is 26.9. The van der Waals surface area contributed by atoms with Gasteiger partial charge >= 0.3 is 5.97 Å². The van der Waals surface area contributed by atoms with Crippen molar-refractivity contribution in [2.75, 3.05) is 0 Å². The van der Waals surface area contributed by atoms with Gasteiger partial charge < -0.3 is 13.9 Å². The Morgan fingerprint density at radius 2 is 0.979 bits per heavy atom. The molecule has 230 valence electrons. The second kappa shape index (κ2) is 11.3. The van der Waals surface area contributed by atoms with Crippen LogP contribution >= 0.6 is 0 Å². The summed E-state index contributed by atoms with van der Waals surface area (Å²) in [6.07, 6.45) is 0.741. The Bertz CT molecular complexity index is 2370. The molecule has 4 heteroatoms. The van der Waals surface area contributed by atoms with E-state index in [-0.39, 0.29) is 12.6 Å². The van der Waals surface area contributed by atoms with Crippen molar-refractivity contribution in [2.24, 2.45) is 5.41 Å². The second-order valence-corrected chi connectivity index (χ2v) is 13.0.